The van der Waals surface area contributed by atoms with Crippen LogP contribution >= 0.6 is 0 Å². The molecule has 52 heavy (non-hydrogen) atoms. The lowest BCUT2D eigenvalue weighted by Gasteiger charge is -2.50. The summed E-state index contributed by atoms with van der Waals surface area (Å²) < 4.78 is 5.39. The van der Waals surface area contributed by atoms with Gasteiger partial charge in [-0.25, -0.2) is 0 Å². The molecule has 2 aliphatic carbocycles. The Morgan fingerprint density at radius 3 is 2.25 bits per heavy atom. The van der Waals surface area contributed by atoms with Gasteiger partial charge in [-0.05, 0) is 61.6 Å². The Bertz CT molecular complexity index is 2190. The summed E-state index contributed by atoms with van der Waals surface area (Å²) in [5.74, 6) is -5.84. The third-order valence-corrected chi connectivity index (χ3v) is 11.3. The van der Waals surface area contributed by atoms with Crippen LogP contribution in [0.25, 0.3) is 0 Å². The minimum absolute atomic E-state index is 0.0824. The number of benzene rings is 4. The number of anilines is 2. The van der Waals surface area contributed by atoms with Crippen molar-refractivity contribution >= 4 is 40.7 Å². The number of hydrogen-bond donors (Lipinski definition) is 2. The number of aromatic hydroxyl groups is 1. The maximum Gasteiger partial charge on any atom is 0.269 e. The zero-order valence-electron chi connectivity index (χ0n) is 28.3. The van der Waals surface area contributed by atoms with Gasteiger partial charge in [-0.15, -0.1) is 0 Å². The number of nitro benzene ring substituents is 1. The number of imide groups is 2. The molecule has 12 nitrogen and oxygen atoms in total. The van der Waals surface area contributed by atoms with E-state index < -0.39 is 63.6 Å². The molecule has 4 amide bonds. The van der Waals surface area contributed by atoms with Gasteiger partial charge in [0.05, 0.1) is 46.6 Å². The van der Waals surface area contributed by atoms with Crippen LogP contribution in [0.15, 0.2) is 109 Å². The van der Waals surface area contributed by atoms with E-state index in [4.69, 9.17) is 4.74 Å². The number of carbonyl (C=O) groups excluding carboxylic acids is 4. The molecule has 4 aromatic rings. The molecule has 0 radical (unpaired) electrons. The number of allylic oxidation sites excluding steroid dienone is 2. The summed E-state index contributed by atoms with van der Waals surface area (Å²) in [5.41, 5.74) is 4.74. The highest BCUT2D eigenvalue weighted by Gasteiger charge is 2.70. The monoisotopic (exact) mass is 698 g/mol. The first-order valence-corrected chi connectivity index (χ1v) is 17.0. The Balaban J connectivity index is 1.30. The van der Waals surface area contributed by atoms with Crippen LogP contribution in [0, 0.1) is 40.7 Å². The second kappa shape index (κ2) is 12.2. The van der Waals surface area contributed by atoms with Gasteiger partial charge in [0.25, 0.3) is 17.5 Å². The maximum absolute atomic E-state index is 15.2. The molecule has 0 spiro atoms. The molecule has 2 aliphatic heterocycles. The van der Waals surface area contributed by atoms with Crippen molar-refractivity contribution in [3.8, 4) is 11.5 Å². The van der Waals surface area contributed by atoms with E-state index in [1.165, 1.54) is 37.4 Å². The lowest BCUT2D eigenvalue weighted by atomic mass is 9.49. The van der Waals surface area contributed by atoms with Crippen LogP contribution in [0.2, 0.25) is 0 Å². The quantitative estimate of drug-likeness (QED) is 0.105. The van der Waals surface area contributed by atoms with Crippen LogP contribution in [0.4, 0.5) is 17.1 Å². The third-order valence-electron chi connectivity index (χ3n) is 11.3. The predicted molar refractivity (Wildman–Crippen MR) is 189 cm³/mol. The van der Waals surface area contributed by atoms with E-state index in [9.17, 15) is 29.6 Å². The molecule has 6 unspecified atom stereocenters. The lowest BCUT2D eigenvalue weighted by molar-refractivity contribution is -0.384. The first-order valence-electron chi connectivity index (χ1n) is 17.0. The molecule has 1 saturated carbocycles. The molecule has 0 aromatic heterocycles. The number of methoxy groups -OCH3 is 1. The smallest absolute Gasteiger partial charge is 0.269 e. The van der Waals surface area contributed by atoms with E-state index in [1.54, 1.807) is 36.4 Å². The van der Waals surface area contributed by atoms with Crippen molar-refractivity contribution in [3.63, 3.8) is 0 Å². The molecule has 6 atom stereocenters. The molecule has 12 heteroatoms. The van der Waals surface area contributed by atoms with Crippen molar-refractivity contribution < 1.29 is 33.9 Å². The number of non-ortho nitro benzene ring substituents is 1. The topological polar surface area (TPSA) is 159 Å². The zero-order chi connectivity index (χ0) is 36.5. The molecule has 4 aliphatic rings. The zero-order valence-corrected chi connectivity index (χ0v) is 28.3. The van der Waals surface area contributed by atoms with Gasteiger partial charge in [-0.3, -0.25) is 39.6 Å². The molecule has 2 saturated heterocycles. The standard InChI is InChI=1S/C40H34N4O8/c1-22-8-10-24(11-9-22)41-43-37(47)32-21-31-28(18-19-30-34(31)38(48)42(36(30)46)25-12-14-26(15-13-25)44(50)51)35(29-17-16-27(52-2)20-33(29)45)40(32,39(43)49)23-6-4-3-5-7-23/h3-18,20,30-32,34-35,41,45H,19,21H2,1-2H3. The van der Waals surface area contributed by atoms with Crippen molar-refractivity contribution in [2.24, 2.45) is 23.7 Å². The summed E-state index contributed by atoms with van der Waals surface area (Å²) in [4.78, 5) is 70.3. The van der Waals surface area contributed by atoms with E-state index >= 15 is 4.79 Å². The van der Waals surface area contributed by atoms with E-state index in [0.29, 0.717) is 28.1 Å². The van der Waals surface area contributed by atoms with Gasteiger partial charge >= 0.3 is 0 Å². The molecule has 262 valence electrons. The minimum Gasteiger partial charge on any atom is -0.508 e. The number of aryl methyl sites for hydroxylation is 1. The first-order chi connectivity index (χ1) is 25.1. The van der Waals surface area contributed by atoms with Crippen LogP contribution < -0.4 is 15.1 Å². The molecule has 2 heterocycles. The number of hydrogen-bond acceptors (Lipinski definition) is 9. The summed E-state index contributed by atoms with van der Waals surface area (Å²) in [5, 5.41) is 24.0. The van der Waals surface area contributed by atoms with Crippen LogP contribution in [0.3, 0.4) is 0 Å². The molecule has 0 bridgehead atoms. The minimum atomic E-state index is -1.54. The fraction of sp³-hybridized carbons (Fsp3) is 0.250. The number of phenols is 1. The number of amides is 4. The summed E-state index contributed by atoms with van der Waals surface area (Å²) >= 11 is 0. The highest BCUT2D eigenvalue weighted by atomic mass is 16.6. The number of nitrogens with one attached hydrogen (secondary N) is 1. The van der Waals surface area contributed by atoms with Crippen molar-refractivity contribution in [1.82, 2.24) is 5.01 Å². The first kappa shape index (κ1) is 32.9. The molecule has 8 rings (SSSR count). The van der Waals surface area contributed by atoms with Crippen molar-refractivity contribution in [2.45, 2.75) is 31.1 Å². The normalized spacial score (nSPS) is 26.4. The summed E-state index contributed by atoms with van der Waals surface area (Å²) in [6, 6.07) is 26.4. The van der Waals surface area contributed by atoms with E-state index in [1.807, 2.05) is 43.3 Å². The molecular formula is C40H34N4O8. The summed E-state index contributed by atoms with van der Waals surface area (Å²) in [6.07, 6.45) is 2.17. The highest BCUT2D eigenvalue weighted by molar-refractivity contribution is 6.22. The average molecular weight is 699 g/mol. The molecular weight excluding hydrogens is 664 g/mol. The van der Waals surface area contributed by atoms with Gasteiger partial charge < -0.3 is 9.84 Å². The maximum atomic E-state index is 15.2. The largest absolute Gasteiger partial charge is 0.508 e. The number of fused-ring (bicyclic) bond motifs is 4. The Morgan fingerprint density at radius 2 is 1.60 bits per heavy atom. The number of nitro groups is 1. The fourth-order valence-electron chi connectivity index (χ4n) is 8.96. The summed E-state index contributed by atoms with van der Waals surface area (Å²) in [6.45, 7) is 1.93. The summed E-state index contributed by atoms with van der Waals surface area (Å²) in [7, 11) is 1.48. The van der Waals surface area contributed by atoms with Crippen LogP contribution in [0.5, 0.6) is 11.5 Å². The van der Waals surface area contributed by atoms with Crippen molar-refractivity contribution in [1.29, 1.82) is 0 Å². The number of hydrazine groups is 1. The van der Waals surface area contributed by atoms with E-state index in [2.05, 4.69) is 5.43 Å². The van der Waals surface area contributed by atoms with Crippen LogP contribution in [-0.2, 0) is 24.6 Å². The van der Waals surface area contributed by atoms with Crippen LogP contribution in [-0.4, -0.2) is 45.8 Å². The van der Waals surface area contributed by atoms with Crippen LogP contribution in [0.1, 0.15) is 35.4 Å². The van der Waals surface area contributed by atoms with Gasteiger partial charge in [0.2, 0.25) is 11.8 Å². The SMILES string of the molecule is COc1ccc(C2C3=CCC4C(=O)N(c5ccc([N+](=O)[O-])cc5)C(=O)C4C3CC3C(=O)N(Nc4ccc(C)cc4)C(=O)C32c2ccccc2)c(O)c1. The van der Waals surface area contributed by atoms with Gasteiger partial charge in [0.15, 0.2) is 0 Å². The second-order valence-corrected chi connectivity index (χ2v) is 13.8. The Morgan fingerprint density at radius 1 is 0.885 bits per heavy atom. The van der Waals surface area contributed by atoms with Gasteiger partial charge in [-0.2, -0.15) is 5.01 Å². The predicted octanol–water partition coefficient (Wildman–Crippen LogP) is 5.81. The number of rotatable bonds is 7. The van der Waals surface area contributed by atoms with Gasteiger partial charge in [0.1, 0.15) is 11.5 Å². The molecule has 3 fully saturated rings. The third kappa shape index (κ3) is 4.74. The number of nitrogens with zero attached hydrogens (tertiary/aromatic N) is 3. The highest BCUT2D eigenvalue weighted by Crippen LogP contribution is 2.65. The van der Waals surface area contributed by atoms with Crippen molar-refractivity contribution in [3.05, 3.63) is 136 Å². The van der Waals surface area contributed by atoms with Gasteiger partial charge in [0, 0.05) is 29.7 Å². The Labute approximate surface area is 298 Å². The second-order valence-electron chi connectivity index (χ2n) is 13.8. The molecule has 4 aromatic carbocycles. The van der Waals surface area contributed by atoms with E-state index in [0.717, 1.165) is 15.5 Å². The number of phenolic OH excluding ortho intramolecular Hbond substituents is 1. The number of carbonyl (C=O) groups is 4. The van der Waals surface area contributed by atoms with E-state index in [-0.39, 0.29) is 30.0 Å². The fourth-order valence-corrected chi connectivity index (χ4v) is 8.96. The number of ether oxygens (including phenoxy) is 1. The van der Waals surface area contributed by atoms with Gasteiger partial charge in [-0.1, -0.05) is 65.7 Å². The Hall–Kier alpha value is -6.30. The Kier molecular flexibility index (Phi) is 7.70. The lowest BCUT2D eigenvalue weighted by Crippen LogP contribution is -2.53. The average Bonchev–Trinajstić information content (AvgIpc) is 3.53. The molecule has 2 N–H and O–H groups in total. The van der Waals surface area contributed by atoms with Crippen molar-refractivity contribution in [2.75, 3.05) is 17.4 Å².